The van der Waals surface area contributed by atoms with Gasteiger partial charge in [0.1, 0.15) is 0 Å². The highest BCUT2D eigenvalue weighted by Gasteiger charge is 1.94. The molecular formula is C6H13NO2S. The third kappa shape index (κ3) is 5.94. The number of hydrogen-bond donors (Lipinski definition) is 1. The molecule has 0 spiro atoms. The van der Waals surface area contributed by atoms with Gasteiger partial charge in [0, 0.05) is 17.7 Å². The fraction of sp³-hybridized carbons (Fsp3) is 0.833. The predicted molar refractivity (Wildman–Crippen MR) is 44.2 cm³/mol. The molecule has 0 aromatic heterocycles. The number of rotatable bonds is 2. The molecule has 10 heavy (non-hydrogen) atoms. The summed E-state index contributed by atoms with van der Waals surface area (Å²) in [6.07, 6.45) is 0.0135. The van der Waals surface area contributed by atoms with Crippen LogP contribution in [-0.2, 0) is 15.9 Å². The predicted octanol–water partition coefficient (Wildman–Crippen LogP) is 1.34. The van der Waals surface area contributed by atoms with Crippen molar-refractivity contribution in [2.75, 3.05) is 6.54 Å². The molecule has 0 saturated heterocycles. The fourth-order valence-electron chi connectivity index (χ4n) is 0.343. The maximum atomic E-state index is 8.91. The van der Waals surface area contributed by atoms with Crippen molar-refractivity contribution in [2.45, 2.75) is 26.9 Å². The molecule has 0 aliphatic carbocycles. The molecule has 0 aliphatic rings. The minimum Gasteiger partial charge on any atom is -0.332 e. The first-order chi connectivity index (χ1) is 4.66. The SMILES string of the molecule is CCN=S=C(O)OC(C)C. The summed E-state index contributed by atoms with van der Waals surface area (Å²) in [6, 6.07) is 0. The molecule has 0 fully saturated rings. The Hall–Kier alpha value is -0.190. The fourth-order valence-corrected chi connectivity index (χ4v) is 0.818. The van der Waals surface area contributed by atoms with Crippen molar-refractivity contribution in [2.24, 2.45) is 4.36 Å². The van der Waals surface area contributed by atoms with Gasteiger partial charge in [-0.2, -0.15) is 0 Å². The smallest absolute Gasteiger partial charge is 0.258 e. The molecule has 0 rings (SSSR count). The Morgan fingerprint density at radius 3 is 2.70 bits per heavy atom. The van der Waals surface area contributed by atoms with Gasteiger partial charge in [0.2, 0.25) is 0 Å². The Kier molecular flexibility index (Phi) is 5.48. The Morgan fingerprint density at radius 2 is 2.30 bits per heavy atom. The molecule has 0 aromatic carbocycles. The molecular weight excluding hydrogens is 150 g/mol. The van der Waals surface area contributed by atoms with Gasteiger partial charge in [-0.05, 0) is 20.8 Å². The van der Waals surface area contributed by atoms with Crippen LogP contribution in [0.1, 0.15) is 20.8 Å². The van der Waals surface area contributed by atoms with Crippen LogP contribution in [0.3, 0.4) is 0 Å². The van der Waals surface area contributed by atoms with Gasteiger partial charge in [0.15, 0.2) is 0 Å². The summed E-state index contributed by atoms with van der Waals surface area (Å²) in [7, 11) is 0. The van der Waals surface area contributed by atoms with Gasteiger partial charge < -0.3 is 9.84 Å². The third-order valence-corrected chi connectivity index (χ3v) is 1.25. The van der Waals surface area contributed by atoms with E-state index in [1.807, 2.05) is 20.8 Å². The van der Waals surface area contributed by atoms with Crippen molar-refractivity contribution in [1.82, 2.24) is 0 Å². The Morgan fingerprint density at radius 1 is 1.70 bits per heavy atom. The second-order valence-corrected chi connectivity index (χ2v) is 2.76. The van der Waals surface area contributed by atoms with E-state index in [1.165, 1.54) is 0 Å². The van der Waals surface area contributed by atoms with Gasteiger partial charge in [-0.1, -0.05) is 0 Å². The largest absolute Gasteiger partial charge is 0.332 e. The van der Waals surface area contributed by atoms with Gasteiger partial charge in [0.25, 0.3) is 5.24 Å². The van der Waals surface area contributed by atoms with Crippen LogP contribution in [0.4, 0.5) is 0 Å². The maximum Gasteiger partial charge on any atom is 0.258 e. The molecule has 0 heterocycles. The highest BCUT2D eigenvalue weighted by atomic mass is 32.1. The van der Waals surface area contributed by atoms with Crippen molar-refractivity contribution in [3.8, 4) is 0 Å². The maximum absolute atomic E-state index is 8.91. The third-order valence-electron chi connectivity index (χ3n) is 0.608. The van der Waals surface area contributed by atoms with Crippen LogP contribution in [0.5, 0.6) is 0 Å². The first-order valence-corrected chi connectivity index (χ1v) is 4.00. The lowest BCUT2D eigenvalue weighted by Gasteiger charge is -2.00. The van der Waals surface area contributed by atoms with E-state index in [0.29, 0.717) is 6.54 Å². The Balaban J connectivity index is 3.82. The topological polar surface area (TPSA) is 41.8 Å². The normalized spacial score (nSPS) is 9.70. The molecule has 0 aromatic rings. The van der Waals surface area contributed by atoms with E-state index in [-0.39, 0.29) is 11.3 Å². The number of nitrogens with zero attached hydrogens (tertiary/aromatic N) is 1. The molecule has 3 nitrogen and oxygen atoms in total. The van der Waals surface area contributed by atoms with E-state index in [1.54, 1.807) is 0 Å². The van der Waals surface area contributed by atoms with Gasteiger partial charge in [-0.25, -0.2) is 4.36 Å². The minimum atomic E-state index is -0.0724. The highest BCUT2D eigenvalue weighted by molar-refractivity contribution is 7.68. The van der Waals surface area contributed by atoms with Crippen molar-refractivity contribution < 1.29 is 9.84 Å². The lowest BCUT2D eigenvalue weighted by atomic mass is 10.5. The van der Waals surface area contributed by atoms with E-state index >= 15 is 0 Å². The molecule has 0 atom stereocenters. The van der Waals surface area contributed by atoms with E-state index in [4.69, 9.17) is 9.84 Å². The Bertz CT molecular complexity index is 150. The summed E-state index contributed by atoms with van der Waals surface area (Å²) in [5.74, 6) is 0. The molecule has 0 saturated carbocycles. The van der Waals surface area contributed by atoms with Gasteiger partial charge in [-0.15, -0.1) is 0 Å². The summed E-state index contributed by atoms with van der Waals surface area (Å²) < 4.78 is 8.72. The van der Waals surface area contributed by atoms with Gasteiger partial charge >= 0.3 is 0 Å². The van der Waals surface area contributed by atoms with Crippen LogP contribution >= 0.6 is 0 Å². The number of aliphatic hydroxyl groups is 1. The zero-order valence-corrected chi connectivity index (χ0v) is 7.31. The zero-order valence-electron chi connectivity index (χ0n) is 6.50. The lowest BCUT2D eigenvalue weighted by Crippen LogP contribution is -2.09. The highest BCUT2D eigenvalue weighted by Crippen LogP contribution is 1.85. The van der Waals surface area contributed by atoms with Crippen LogP contribution in [-0.4, -0.2) is 23.0 Å². The standard InChI is InChI=1S/C6H13NO2S/c1-4-7-10-6(8)9-5(2)3/h5,8H,4H2,1-3H3. The Labute approximate surface area is 64.7 Å². The lowest BCUT2D eigenvalue weighted by molar-refractivity contribution is 0.182. The van der Waals surface area contributed by atoms with E-state index in [0.717, 1.165) is 11.1 Å². The monoisotopic (exact) mass is 163 g/mol. The molecule has 4 heteroatoms. The average Bonchev–Trinajstić information content (AvgIpc) is 1.82. The molecule has 0 unspecified atom stereocenters. The summed E-state index contributed by atoms with van der Waals surface area (Å²) in [5, 5.41) is 8.84. The number of ether oxygens (including phenoxy) is 1. The molecule has 0 radical (unpaired) electrons. The van der Waals surface area contributed by atoms with Crippen molar-refractivity contribution in [1.29, 1.82) is 0 Å². The molecule has 60 valence electrons. The number of aliphatic hydroxyl groups excluding tert-OH is 1. The summed E-state index contributed by atoms with van der Waals surface area (Å²) >= 11 is 0.980. The number of hydrogen-bond acceptors (Lipinski definition) is 2. The van der Waals surface area contributed by atoms with Crippen LogP contribution in [0.2, 0.25) is 0 Å². The molecule has 1 N–H and O–H groups in total. The van der Waals surface area contributed by atoms with Crippen LogP contribution in [0, 0.1) is 0 Å². The second kappa shape index (κ2) is 5.58. The van der Waals surface area contributed by atoms with E-state index in [9.17, 15) is 0 Å². The van der Waals surface area contributed by atoms with Crippen LogP contribution < -0.4 is 0 Å². The summed E-state index contributed by atoms with van der Waals surface area (Å²) in [5.41, 5.74) is 0. The zero-order chi connectivity index (χ0) is 7.98. The minimum absolute atomic E-state index is 0.0135. The molecule has 0 amide bonds. The average molecular weight is 163 g/mol. The quantitative estimate of drug-likeness (QED) is 0.624. The van der Waals surface area contributed by atoms with E-state index in [2.05, 4.69) is 4.36 Å². The van der Waals surface area contributed by atoms with E-state index < -0.39 is 0 Å². The van der Waals surface area contributed by atoms with Crippen LogP contribution in [0.15, 0.2) is 4.36 Å². The van der Waals surface area contributed by atoms with Gasteiger partial charge in [0.05, 0.1) is 6.10 Å². The summed E-state index contributed by atoms with van der Waals surface area (Å²) in [6.45, 7) is 6.28. The second-order valence-electron chi connectivity index (χ2n) is 1.97. The van der Waals surface area contributed by atoms with Crippen LogP contribution in [0.25, 0.3) is 0 Å². The molecule has 0 bridgehead atoms. The van der Waals surface area contributed by atoms with Crippen molar-refractivity contribution in [3.63, 3.8) is 0 Å². The summed E-state index contributed by atoms with van der Waals surface area (Å²) in [4.78, 5) is 0. The van der Waals surface area contributed by atoms with Gasteiger partial charge in [-0.3, -0.25) is 0 Å². The van der Waals surface area contributed by atoms with Crippen molar-refractivity contribution in [3.05, 3.63) is 0 Å². The van der Waals surface area contributed by atoms with Crippen molar-refractivity contribution >= 4 is 16.4 Å². The molecule has 0 aliphatic heterocycles. The first-order valence-electron chi connectivity index (χ1n) is 3.23. The first kappa shape index (κ1) is 9.81.